The molecule has 106 valence electrons. The fourth-order valence-electron chi connectivity index (χ4n) is 1.83. The van der Waals surface area contributed by atoms with Gasteiger partial charge < -0.3 is 14.8 Å². The van der Waals surface area contributed by atoms with Crippen molar-refractivity contribution in [3.63, 3.8) is 0 Å². The number of aromatic nitrogens is 2. The van der Waals surface area contributed by atoms with Crippen molar-refractivity contribution in [3.05, 3.63) is 40.6 Å². The van der Waals surface area contributed by atoms with E-state index in [0.29, 0.717) is 5.76 Å². The summed E-state index contributed by atoms with van der Waals surface area (Å²) < 4.78 is 5.05. The number of rotatable bonds is 5. The molecule has 20 heavy (non-hydrogen) atoms. The first-order valence-electron chi connectivity index (χ1n) is 6.06. The molecular weight excluding hydrogens is 262 g/mol. The molecule has 3 N–H and O–H groups in total. The lowest BCUT2D eigenvalue weighted by molar-refractivity contribution is -0.120. The van der Waals surface area contributed by atoms with Gasteiger partial charge in [0.15, 0.2) is 0 Å². The molecule has 2 heterocycles. The first-order chi connectivity index (χ1) is 9.47. The van der Waals surface area contributed by atoms with E-state index in [-0.39, 0.29) is 24.6 Å². The number of aryl methyl sites for hydroxylation is 2. The fraction of sp³-hybridized carbons (Fsp3) is 0.308. The van der Waals surface area contributed by atoms with E-state index in [1.54, 1.807) is 0 Å². The monoisotopic (exact) mass is 277 g/mol. The van der Waals surface area contributed by atoms with Crippen LogP contribution in [0.1, 0.15) is 33.3 Å². The highest BCUT2D eigenvalue weighted by molar-refractivity contribution is 5.84. The molecule has 0 saturated heterocycles. The molecule has 0 aliphatic heterocycles. The lowest BCUT2D eigenvalue weighted by Gasteiger charge is -2.03. The molecule has 2 aromatic rings. The molecule has 0 aliphatic rings. The van der Waals surface area contributed by atoms with Crippen LogP contribution in [0, 0.1) is 13.8 Å². The molecule has 0 aromatic carbocycles. The first-order valence-corrected chi connectivity index (χ1v) is 6.06. The average molecular weight is 277 g/mol. The lowest BCUT2D eigenvalue weighted by atomic mass is 10.1. The Morgan fingerprint density at radius 2 is 2.15 bits per heavy atom. The minimum absolute atomic E-state index is 0.143. The van der Waals surface area contributed by atoms with E-state index in [1.807, 2.05) is 13.8 Å². The summed E-state index contributed by atoms with van der Waals surface area (Å²) in [6, 6.07) is 2.88. The SMILES string of the molecule is Cc1n[nH]c(C)c1CC(=O)NCc1ccc(C(=O)O)o1. The van der Waals surface area contributed by atoms with Gasteiger partial charge in [-0.05, 0) is 26.0 Å². The molecule has 1 amide bonds. The van der Waals surface area contributed by atoms with E-state index in [2.05, 4.69) is 15.5 Å². The second-order valence-corrected chi connectivity index (χ2v) is 4.44. The molecule has 7 nitrogen and oxygen atoms in total. The smallest absolute Gasteiger partial charge is 0.371 e. The van der Waals surface area contributed by atoms with Crippen LogP contribution in [0.25, 0.3) is 0 Å². The van der Waals surface area contributed by atoms with Crippen LogP contribution in [0.15, 0.2) is 16.5 Å². The third-order valence-electron chi connectivity index (χ3n) is 2.95. The number of nitrogens with one attached hydrogen (secondary N) is 2. The Kier molecular flexibility index (Phi) is 3.88. The van der Waals surface area contributed by atoms with Crippen molar-refractivity contribution >= 4 is 11.9 Å². The summed E-state index contributed by atoms with van der Waals surface area (Å²) in [5, 5.41) is 18.2. The maximum Gasteiger partial charge on any atom is 0.371 e. The largest absolute Gasteiger partial charge is 0.475 e. The summed E-state index contributed by atoms with van der Waals surface area (Å²) in [6.07, 6.45) is 0.223. The van der Waals surface area contributed by atoms with E-state index in [9.17, 15) is 9.59 Å². The van der Waals surface area contributed by atoms with E-state index in [4.69, 9.17) is 9.52 Å². The van der Waals surface area contributed by atoms with Gasteiger partial charge in [-0.15, -0.1) is 0 Å². The van der Waals surface area contributed by atoms with Crippen molar-refractivity contribution in [1.29, 1.82) is 0 Å². The second-order valence-electron chi connectivity index (χ2n) is 4.44. The summed E-state index contributed by atoms with van der Waals surface area (Å²) in [7, 11) is 0. The lowest BCUT2D eigenvalue weighted by Crippen LogP contribution is -2.24. The number of carboxylic acid groups (broad SMARTS) is 1. The summed E-state index contributed by atoms with van der Waals surface area (Å²) >= 11 is 0. The highest BCUT2D eigenvalue weighted by Crippen LogP contribution is 2.11. The molecule has 2 rings (SSSR count). The molecule has 0 bridgehead atoms. The van der Waals surface area contributed by atoms with Gasteiger partial charge in [0.2, 0.25) is 11.7 Å². The van der Waals surface area contributed by atoms with Crippen molar-refractivity contribution in [2.45, 2.75) is 26.8 Å². The molecule has 0 saturated carbocycles. The summed E-state index contributed by atoms with van der Waals surface area (Å²) in [5.41, 5.74) is 2.53. The van der Waals surface area contributed by atoms with Crippen LogP contribution in [0.3, 0.4) is 0 Å². The molecule has 0 atom stereocenters. The topological polar surface area (TPSA) is 108 Å². The zero-order valence-electron chi connectivity index (χ0n) is 11.2. The van der Waals surface area contributed by atoms with Crippen molar-refractivity contribution in [2.24, 2.45) is 0 Å². The third-order valence-corrected chi connectivity index (χ3v) is 2.95. The number of furan rings is 1. The highest BCUT2D eigenvalue weighted by Gasteiger charge is 2.13. The van der Waals surface area contributed by atoms with Crippen molar-refractivity contribution in [2.75, 3.05) is 0 Å². The van der Waals surface area contributed by atoms with Gasteiger partial charge in [-0.3, -0.25) is 9.89 Å². The number of hydrogen-bond acceptors (Lipinski definition) is 4. The summed E-state index contributed by atoms with van der Waals surface area (Å²) in [5.74, 6) is -1.05. The van der Waals surface area contributed by atoms with Crippen molar-refractivity contribution in [1.82, 2.24) is 15.5 Å². The van der Waals surface area contributed by atoms with Crippen LogP contribution in [-0.2, 0) is 17.8 Å². The molecule has 2 aromatic heterocycles. The molecule has 0 radical (unpaired) electrons. The van der Waals surface area contributed by atoms with Crippen LogP contribution in [0.5, 0.6) is 0 Å². The highest BCUT2D eigenvalue weighted by atomic mass is 16.4. The average Bonchev–Trinajstić information content (AvgIpc) is 2.98. The normalized spacial score (nSPS) is 10.5. The summed E-state index contributed by atoms with van der Waals surface area (Å²) in [6.45, 7) is 3.84. The summed E-state index contributed by atoms with van der Waals surface area (Å²) in [4.78, 5) is 22.5. The van der Waals surface area contributed by atoms with Gasteiger partial charge in [0.1, 0.15) is 5.76 Å². The number of aromatic carboxylic acids is 1. The number of amides is 1. The minimum Gasteiger partial charge on any atom is -0.475 e. The van der Waals surface area contributed by atoms with Crippen molar-refractivity contribution in [3.8, 4) is 0 Å². The Hall–Kier alpha value is -2.57. The molecule has 0 unspecified atom stereocenters. The Balaban J connectivity index is 1.90. The van der Waals surface area contributed by atoms with Crippen LogP contribution < -0.4 is 5.32 Å². The fourth-order valence-corrected chi connectivity index (χ4v) is 1.83. The van der Waals surface area contributed by atoms with E-state index >= 15 is 0 Å². The van der Waals surface area contributed by atoms with Crippen molar-refractivity contribution < 1.29 is 19.1 Å². The number of carbonyl (C=O) groups is 2. The van der Waals surface area contributed by atoms with E-state index < -0.39 is 5.97 Å². The predicted octanol–water partition coefficient (Wildman–Crippen LogP) is 1.18. The molecular formula is C13H15N3O4. The zero-order valence-corrected chi connectivity index (χ0v) is 11.2. The number of hydrogen-bond donors (Lipinski definition) is 3. The second kappa shape index (κ2) is 5.60. The quantitative estimate of drug-likeness (QED) is 0.760. The van der Waals surface area contributed by atoms with E-state index in [1.165, 1.54) is 12.1 Å². The van der Waals surface area contributed by atoms with Crippen LogP contribution >= 0.6 is 0 Å². The predicted molar refractivity (Wildman–Crippen MR) is 69.3 cm³/mol. The standard InChI is InChI=1S/C13H15N3O4/c1-7-10(8(2)16-15-7)5-12(17)14-6-9-3-4-11(20-9)13(18)19/h3-4H,5-6H2,1-2H3,(H,14,17)(H,15,16)(H,18,19). The van der Waals surface area contributed by atoms with Gasteiger partial charge in [0.25, 0.3) is 0 Å². The first kappa shape index (κ1) is 13.9. The number of H-pyrrole nitrogens is 1. The maximum absolute atomic E-state index is 11.8. The van der Waals surface area contributed by atoms with Gasteiger partial charge in [0.05, 0.1) is 18.7 Å². The Morgan fingerprint density at radius 3 is 2.70 bits per heavy atom. The maximum atomic E-state index is 11.8. The van der Waals surface area contributed by atoms with Gasteiger partial charge in [-0.25, -0.2) is 4.79 Å². The number of carboxylic acids is 1. The molecule has 7 heteroatoms. The third kappa shape index (κ3) is 3.05. The van der Waals surface area contributed by atoms with Gasteiger partial charge in [-0.2, -0.15) is 5.10 Å². The van der Waals surface area contributed by atoms with Gasteiger partial charge in [0, 0.05) is 11.3 Å². The number of carbonyl (C=O) groups excluding carboxylic acids is 1. The minimum atomic E-state index is -1.13. The number of aromatic amines is 1. The molecule has 0 fully saturated rings. The molecule has 0 spiro atoms. The van der Waals surface area contributed by atoms with Gasteiger partial charge >= 0.3 is 5.97 Å². The molecule has 0 aliphatic carbocycles. The van der Waals surface area contributed by atoms with Crippen LogP contribution in [0.2, 0.25) is 0 Å². The Labute approximate surface area is 115 Å². The zero-order chi connectivity index (χ0) is 14.7. The number of nitrogens with zero attached hydrogens (tertiary/aromatic N) is 1. The van der Waals surface area contributed by atoms with Gasteiger partial charge in [-0.1, -0.05) is 0 Å². The van der Waals surface area contributed by atoms with E-state index in [0.717, 1.165) is 17.0 Å². The van der Waals surface area contributed by atoms with Crippen LogP contribution in [0.4, 0.5) is 0 Å². The van der Waals surface area contributed by atoms with Crippen LogP contribution in [-0.4, -0.2) is 27.2 Å². The Morgan fingerprint density at radius 1 is 1.40 bits per heavy atom. The Bertz CT molecular complexity index is 622.